The zero-order chi connectivity index (χ0) is 18.8. The molecule has 2 aromatic carbocycles. The average Bonchev–Trinajstić information content (AvgIpc) is 2.62. The van der Waals surface area contributed by atoms with Gasteiger partial charge >= 0.3 is 0 Å². The van der Waals surface area contributed by atoms with E-state index < -0.39 is 20.0 Å². The highest BCUT2D eigenvalue weighted by atomic mass is 32.2. The van der Waals surface area contributed by atoms with Crippen LogP contribution in [-0.4, -0.2) is 34.2 Å². The van der Waals surface area contributed by atoms with Crippen molar-refractivity contribution >= 4 is 20.0 Å². The fourth-order valence-corrected chi connectivity index (χ4v) is 5.24. The maximum atomic E-state index is 12.8. The van der Waals surface area contributed by atoms with Crippen molar-refractivity contribution in [2.24, 2.45) is 11.1 Å². The van der Waals surface area contributed by atoms with E-state index in [0.717, 1.165) is 19.3 Å². The van der Waals surface area contributed by atoms with Crippen LogP contribution in [0.1, 0.15) is 18.4 Å². The molecule has 0 atom stereocenters. The SMILES string of the molecule is NS(=O)(=O)c1ccc(S(=O)(=O)N2CCC(Cc3ccccc3)CC2)cc1. The van der Waals surface area contributed by atoms with E-state index in [1.807, 2.05) is 18.2 Å². The van der Waals surface area contributed by atoms with Gasteiger partial charge in [-0.25, -0.2) is 22.0 Å². The lowest BCUT2D eigenvalue weighted by atomic mass is 9.91. The molecular weight excluding hydrogens is 372 g/mol. The van der Waals surface area contributed by atoms with E-state index in [2.05, 4.69) is 12.1 Å². The van der Waals surface area contributed by atoms with Gasteiger partial charge in [0.05, 0.1) is 9.79 Å². The Hall–Kier alpha value is -1.74. The standard InChI is InChI=1S/C18H22N2O4S2/c19-25(21,22)17-6-8-18(9-7-17)26(23,24)20-12-10-16(11-13-20)14-15-4-2-1-3-5-15/h1-9,16H,10-14H2,(H2,19,21,22). The van der Waals surface area contributed by atoms with Gasteiger partial charge in [-0.15, -0.1) is 0 Å². The fraction of sp³-hybridized carbons (Fsp3) is 0.333. The first-order valence-corrected chi connectivity index (χ1v) is 11.4. The Morgan fingerprint density at radius 3 is 1.92 bits per heavy atom. The van der Waals surface area contributed by atoms with Crippen LogP contribution in [0.5, 0.6) is 0 Å². The minimum absolute atomic E-state index is 0.0893. The maximum Gasteiger partial charge on any atom is 0.243 e. The minimum atomic E-state index is -3.84. The summed E-state index contributed by atoms with van der Waals surface area (Å²) in [6.07, 6.45) is 2.57. The first kappa shape index (κ1) is 19.0. The van der Waals surface area contributed by atoms with Crippen LogP contribution in [0.2, 0.25) is 0 Å². The van der Waals surface area contributed by atoms with Gasteiger partial charge in [-0.1, -0.05) is 30.3 Å². The van der Waals surface area contributed by atoms with E-state index in [-0.39, 0.29) is 9.79 Å². The number of hydrogen-bond acceptors (Lipinski definition) is 4. The number of sulfonamides is 2. The fourth-order valence-electron chi connectivity index (χ4n) is 3.25. The molecule has 6 nitrogen and oxygen atoms in total. The molecule has 0 saturated carbocycles. The van der Waals surface area contributed by atoms with Gasteiger partial charge in [-0.05, 0) is 55.0 Å². The molecule has 140 valence electrons. The molecule has 8 heteroatoms. The molecule has 0 aromatic heterocycles. The second kappa shape index (κ2) is 7.48. The topological polar surface area (TPSA) is 97.5 Å². The smallest absolute Gasteiger partial charge is 0.225 e. The first-order chi connectivity index (χ1) is 12.3. The summed E-state index contributed by atoms with van der Waals surface area (Å²) in [4.78, 5) is -0.00979. The lowest BCUT2D eigenvalue weighted by Crippen LogP contribution is -2.38. The number of hydrogen-bond donors (Lipinski definition) is 1. The molecule has 3 rings (SSSR count). The molecule has 2 N–H and O–H groups in total. The van der Waals surface area contributed by atoms with Crippen molar-refractivity contribution in [2.75, 3.05) is 13.1 Å². The minimum Gasteiger partial charge on any atom is -0.225 e. The third-order valence-corrected chi connectivity index (χ3v) is 7.57. The van der Waals surface area contributed by atoms with Crippen LogP contribution < -0.4 is 5.14 Å². The third kappa shape index (κ3) is 4.32. The van der Waals surface area contributed by atoms with Crippen molar-refractivity contribution in [3.63, 3.8) is 0 Å². The van der Waals surface area contributed by atoms with Crippen molar-refractivity contribution in [1.29, 1.82) is 0 Å². The van der Waals surface area contributed by atoms with Crippen molar-refractivity contribution in [3.05, 3.63) is 60.2 Å². The van der Waals surface area contributed by atoms with E-state index in [0.29, 0.717) is 19.0 Å². The highest BCUT2D eigenvalue weighted by Gasteiger charge is 2.29. The van der Waals surface area contributed by atoms with E-state index in [1.54, 1.807) is 0 Å². The molecule has 0 aliphatic carbocycles. The molecule has 1 aliphatic rings. The highest BCUT2D eigenvalue weighted by Crippen LogP contribution is 2.26. The predicted molar refractivity (Wildman–Crippen MR) is 99.4 cm³/mol. The van der Waals surface area contributed by atoms with Gasteiger partial charge in [0.15, 0.2) is 0 Å². The summed E-state index contributed by atoms with van der Waals surface area (Å²) < 4.78 is 49.6. The Morgan fingerprint density at radius 2 is 1.38 bits per heavy atom. The number of nitrogens with zero attached hydrogens (tertiary/aromatic N) is 1. The van der Waals surface area contributed by atoms with Crippen LogP contribution in [0.15, 0.2) is 64.4 Å². The molecule has 26 heavy (non-hydrogen) atoms. The van der Waals surface area contributed by atoms with Gasteiger partial charge in [0.25, 0.3) is 0 Å². The Kier molecular flexibility index (Phi) is 5.47. The maximum absolute atomic E-state index is 12.8. The quantitative estimate of drug-likeness (QED) is 0.838. The van der Waals surface area contributed by atoms with Gasteiger partial charge in [0.2, 0.25) is 20.0 Å². The lowest BCUT2D eigenvalue weighted by Gasteiger charge is -2.31. The predicted octanol–water partition coefficient (Wildman–Crippen LogP) is 1.98. The molecule has 0 radical (unpaired) electrons. The molecule has 1 saturated heterocycles. The van der Waals surface area contributed by atoms with Crippen molar-refractivity contribution in [3.8, 4) is 0 Å². The zero-order valence-corrected chi connectivity index (χ0v) is 15.9. The summed E-state index contributed by atoms with van der Waals surface area (Å²) in [6, 6.07) is 15.2. The summed E-state index contributed by atoms with van der Waals surface area (Å²) in [6.45, 7) is 0.938. The average molecular weight is 395 g/mol. The molecule has 1 aliphatic heterocycles. The van der Waals surface area contributed by atoms with Crippen LogP contribution in [0.25, 0.3) is 0 Å². The molecule has 1 fully saturated rings. The molecule has 0 bridgehead atoms. The van der Waals surface area contributed by atoms with Crippen molar-refractivity contribution in [1.82, 2.24) is 4.31 Å². The van der Waals surface area contributed by atoms with E-state index >= 15 is 0 Å². The number of piperidine rings is 1. The van der Waals surface area contributed by atoms with Gasteiger partial charge in [0, 0.05) is 13.1 Å². The van der Waals surface area contributed by atoms with Gasteiger partial charge in [0.1, 0.15) is 0 Å². The summed E-state index contributed by atoms with van der Waals surface area (Å²) in [5, 5.41) is 5.05. The van der Waals surface area contributed by atoms with Crippen LogP contribution in [0, 0.1) is 5.92 Å². The second-order valence-electron chi connectivity index (χ2n) is 6.55. The summed E-state index contributed by atoms with van der Waals surface area (Å²) in [5.41, 5.74) is 1.27. The van der Waals surface area contributed by atoms with Gasteiger partial charge < -0.3 is 0 Å². The van der Waals surface area contributed by atoms with E-state index in [1.165, 1.54) is 34.1 Å². The summed E-state index contributed by atoms with van der Waals surface area (Å²) >= 11 is 0. The van der Waals surface area contributed by atoms with Crippen molar-refractivity contribution in [2.45, 2.75) is 29.1 Å². The van der Waals surface area contributed by atoms with Crippen LogP contribution >= 0.6 is 0 Å². The summed E-state index contributed by atoms with van der Waals surface area (Å²) in [5.74, 6) is 0.466. The van der Waals surface area contributed by atoms with E-state index in [4.69, 9.17) is 5.14 Å². The van der Waals surface area contributed by atoms with E-state index in [9.17, 15) is 16.8 Å². The Morgan fingerprint density at radius 1 is 0.846 bits per heavy atom. The number of rotatable bonds is 5. The summed E-state index contributed by atoms with van der Waals surface area (Å²) in [7, 11) is -7.46. The number of primary sulfonamides is 1. The second-order valence-corrected chi connectivity index (χ2v) is 10.1. The highest BCUT2D eigenvalue weighted by molar-refractivity contribution is 7.89. The molecule has 0 unspecified atom stereocenters. The van der Waals surface area contributed by atoms with Crippen LogP contribution in [0.3, 0.4) is 0 Å². The Labute approximate surface area is 154 Å². The van der Waals surface area contributed by atoms with Crippen LogP contribution in [-0.2, 0) is 26.5 Å². The first-order valence-electron chi connectivity index (χ1n) is 8.44. The third-order valence-electron chi connectivity index (χ3n) is 4.73. The van der Waals surface area contributed by atoms with Crippen LogP contribution in [0.4, 0.5) is 0 Å². The normalized spacial score (nSPS) is 17.3. The number of benzene rings is 2. The zero-order valence-electron chi connectivity index (χ0n) is 14.3. The molecular formula is C18H22N2O4S2. The molecule has 0 amide bonds. The lowest BCUT2D eigenvalue weighted by molar-refractivity contribution is 0.273. The largest absolute Gasteiger partial charge is 0.243 e. The Balaban J connectivity index is 1.66. The monoisotopic (exact) mass is 394 g/mol. The molecule has 1 heterocycles. The molecule has 0 spiro atoms. The number of nitrogens with two attached hydrogens (primary N) is 1. The van der Waals surface area contributed by atoms with Gasteiger partial charge in [-0.3, -0.25) is 0 Å². The Bertz CT molecular complexity index is 948. The van der Waals surface area contributed by atoms with Gasteiger partial charge in [-0.2, -0.15) is 4.31 Å². The van der Waals surface area contributed by atoms with Crippen molar-refractivity contribution < 1.29 is 16.8 Å². The molecule has 2 aromatic rings.